The third kappa shape index (κ3) is 2.35. The van der Waals surface area contributed by atoms with Gasteiger partial charge < -0.3 is 5.73 Å². The minimum Gasteiger partial charge on any atom is -0.320 e. The minimum absolute atomic E-state index is 0.140. The smallest absolute Gasteiger partial charge is 0.0560 e. The van der Waals surface area contributed by atoms with Crippen molar-refractivity contribution in [2.24, 2.45) is 5.73 Å². The van der Waals surface area contributed by atoms with E-state index >= 15 is 0 Å². The Morgan fingerprint density at radius 3 is 2.80 bits per heavy atom. The predicted molar refractivity (Wildman–Crippen MR) is 86.7 cm³/mol. The van der Waals surface area contributed by atoms with E-state index in [1.54, 1.807) is 0 Å². The summed E-state index contributed by atoms with van der Waals surface area (Å²) in [6, 6.07) is 14.3. The van der Waals surface area contributed by atoms with Crippen LogP contribution >= 0.6 is 15.9 Å². The van der Waals surface area contributed by atoms with Crippen LogP contribution in [0, 0.1) is 6.92 Å². The number of aryl methyl sites for hydroxylation is 1. The van der Waals surface area contributed by atoms with Crippen LogP contribution in [-0.4, -0.2) is 4.98 Å². The van der Waals surface area contributed by atoms with Gasteiger partial charge in [-0.1, -0.05) is 40.2 Å². The van der Waals surface area contributed by atoms with Crippen molar-refractivity contribution >= 4 is 26.7 Å². The molecule has 2 nitrogen and oxygen atoms in total. The van der Waals surface area contributed by atoms with Crippen molar-refractivity contribution in [2.75, 3.05) is 0 Å². The van der Waals surface area contributed by atoms with Crippen LogP contribution in [0.25, 0.3) is 10.8 Å². The van der Waals surface area contributed by atoms with Crippen molar-refractivity contribution in [2.45, 2.75) is 13.0 Å². The molecule has 0 aliphatic carbocycles. The van der Waals surface area contributed by atoms with Gasteiger partial charge in [-0.15, -0.1) is 0 Å². The summed E-state index contributed by atoms with van der Waals surface area (Å²) in [4.78, 5) is 4.17. The van der Waals surface area contributed by atoms with Gasteiger partial charge in [0.15, 0.2) is 0 Å². The standard InChI is InChI=1S/C17H15BrN2/c1-11-5-6-13(18)9-16(11)17(19)15-4-2-3-12-10-20-8-7-14(12)15/h2-10,17H,19H2,1H3. The van der Waals surface area contributed by atoms with E-state index in [2.05, 4.69) is 52.1 Å². The van der Waals surface area contributed by atoms with Gasteiger partial charge in [0.25, 0.3) is 0 Å². The summed E-state index contributed by atoms with van der Waals surface area (Å²) in [5.74, 6) is 0. The zero-order chi connectivity index (χ0) is 14.1. The monoisotopic (exact) mass is 326 g/mol. The molecule has 3 aromatic rings. The Morgan fingerprint density at radius 2 is 1.95 bits per heavy atom. The maximum absolute atomic E-state index is 6.51. The van der Waals surface area contributed by atoms with Crippen LogP contribution < -0.4 is 5.73 Å². The summed E-state index contributed by atoms with van der Waals surface area (Å²) in [5.41, 5.74) is 9.98. The van der Waals surface area contributed by atoms with Crippen LogP contribution in [0.5, 0.6) is 0 Å². The number of hydrogen-bond donors (Lipinski definition) is 1. The predicted octanol–water partition coefficient (Wildman–Crippen LogP) is 4.35. The lowest BCUT2D eigenvalue weighted by Gasteiger charge is -2.17. The molecule has 0 aliphatic heterocycles. The van der Waals surface area contributed by atoms with E-state index < -0.39 is 0 Å². The summed E-state index contributed by atoms with van der Waals surface area (Å²) >= 11 is 3.52. The van der Waals surface area contributed by atoms with E-state index in [-0.39, 0.29) is 6.04 Å². The molecule has 3 rings (SSSR count). The molecule has 20 heavy (non-hydrogen) atoms. The molecular weight excluding hydrogens is 312 g/mol. The summed E-state index contributed by atoms with van der Waals surface area (Å²) in [6.07, 6.45) is 3.69. The molecule has 100 valence electrons. The van der Waals surface area contributed by atoms with Crippen LogP contribution in [-0.2, 0) is 0 Å². The molecule has 1 aromatic heterocycles. The second-order valence-corrected chi connectivity index (χ2v) is 5.84. The molecule has 0 amide bonds. The third-order valence-electron chi connectivity index (χ3n) is 3.63. The summed E-state index contributed by atoms with van der Waals surface area (Å²) in [5, 5.41) is 2.28. The van der Waals surface area contributed by atoms with Crippen molar-refractivity contribution in [3.05, 3.63) is 76.0 Å². The van der Waals surface area contributed by atoms with E-state index in [0.717, 1.165) is 26.4 Å². The van der Waals surface area contributed by atoms with E-state index in [1.807, 2.05) is 30.6 Å². The molecule has 0 aliphatic rings. The topological polar surface area (TPSA) is 38.9 Å². The second kappa shape index (κ2) is 5.35. The highest BCUT2D eigenvalue weighted by atomic mass is 79.9. The van der Waals surface area contributed by atoms with Gasteiger partial charge in [-0.25, -0.2) is 0 Å². The average Bonchev–Trinajstić information content (AvgIpc) is 2.48. The summed E-state index contributed by atoms with van der Waals surface area (Å²) < 4.78 is 1.05. The largest absolute Gasteiger partial charge is 0.320 e. The van der Waals surface area contributed by atoms with Gasteiger partial charge in [0.2, 0.25) is 0 Å². The van der Waals surface area contributed by atoms with Gasteiger partial charge in [0.1, 0.15) is 0 Å². The van der Waals surface area contributed by atoms with Crippen molar-refractivity contribution in [3.63, 3.8) is 0 Å². The average molecular weight is 327 g/mol. The Hall–Kier alpha value is -1.71. The van der Waals surface area contributed by atoms with E-state index in [0.29, 0.717) is 0 Å². The van der Waals surface area contributed by atoms with Crippen LogP contribution in [0.2, 0.25) is 0 Å². The number of aromatic nitrogens is 1. The van der Waals surface area contributed by atoms with Crippen LogP contribution in [0.3, 0.4) is 0 Å². The van der Waals surface area contributed by atoms with Crippen molar-refractivity contribution < 1.29 is 0 Å². The number of benzene rings is 2. The van der Waals surface area contributed by atoms with Crippen molar-refractivity contribution in [1.29, 1.82) is 0 Å². The number of rotatable bonds is 2. The first-order valence-corrected chi connectivity index (χ1v) is 7.30. The molecule has 0 bridgehead atoms. The molecule has 1 atom stereocenters. The molecule has 1 heterocycles. The van der Waals surface area contributed by atoms with E-state index in [4.69, 9.17) is 5.73 Å². The van der Waals surface area contributed by atoms with Crippen LogP contribution in [0.15, 0.2) is 59.3 Å². The first-order valence-electron chi connectivity index (χ1n) is 6.51. The highest BCUT2D eigenvalue weighted by molar-refractivity contribution is 9.10. The van der Waals surface area contributed by atoms with E-state index in [1.165, 1.54) is 5.56 Å². The molecule has 3 heteroatoms. The Kier molecular flexibility index (Phi) is 3.55. The molecule has 0 radical (unpaired) electrons. The van der Waals surface area contributed by atoms with Crippen LogP contribution in [0.1, 0.15) is 22.7 Å². The number of fused-ring (bicyclic) bond motifs is 1. The van der Waals surface area contributed by atoms with Gasteiger partial charge in [-0.3, -0.25) is 4.98 Å². The van der Waals surface area contributed by atoms with Gasteiger partial charge in [0, 0.05) is 22.3 Å². The number of hydrogen-bond acceptors (Lipinski definition) is 2. The Balaban J connectivity index is 2.17. The lowest BCUT2D eigenvalue weighted by molar-refractivity contribution is 0.869. The number of pyridine rings is 1. The fraction of sp³-hybridized carbons (Fsp3) is 0.118. The Morgan fingerprint density at radius 1 is 1.10 bits per heavy atom. The Bertz CT molecular complexity index is 763. The normalized spacial score (nSPS) is 12.6. The van der Waals surface area contributed by atoms with Gasteiger partial charge in [-0.2, -0.15) is 0 Å². The first kappa shape index (κ1) is 13.3. The van der Waals surface area contributed by atoms with Gasteiger partial charge in [0.05, 0.1) is 6.04 Å². The molecule has 0 saturated carbocycles. The van der Waals surface area contributed by atoms with Crippen LogP contribution in [0.4, 0.5) is 0 Å². The lowest BCUT2D eigenvalue weighted by Crippen LogP contribution is -2.13. The molecular formula is C17H15BrN2. The molecule has 2 N–H and O–H groups in total. The fourth-order valence-electron chi connectivity index (χ4n) is 2.53. The highest BCUT2D eigenvalue weighted by Crippen LogP contribution is 2.30. The Labute approximate surface area is 126 Å². The maximum atomic E-state index is 6.51. The SMILES string of the molecule is Cc1ccc(Br)cc1C(N)c1cccc2cnccc12. The number of nitrogens with zero attached hydrogens (tertiary/aromatic N) is 1. The zero-order valence-corrected chi connectivity index (χ0v) is 12.8. The minimum atomic E-state index is -0.140. The quantitative estimate of drug-likeness (QED) is 0.760. The number of nitrogens with two attached hydrogens (primary N) is 1. The number of halogens is 1. The lowest BCUT2D eigenvalue weighted by atomic mass is 9.93. The zero-order valence-electron chi connectivity index (χ0n) is 11.2. The van der Waals surface area contributed by atoms with Gasteiger partial charge >= 0.3 is 0 Å². The highest BCUT2D eigenvalue weighted by Gasteiger charge is 2.14. The molecule has 0 fully saturated rings. The van der Waals surface area contributed by atoms with E-state index in [9.17, 15) is 0 Å². The van der Waals surface area contributed by atoms with Crippen molar-refractivity contribution in [1.82, 2.24) is 4.98 Å². The maximum Gasteiger partial charge on any atom is 0.0560 e. The second-order valence-electron chi connectivity index (χ2n) is 4.92. The molecule has 0 saturated heterocycles. The third-order valence-corrected chi connectivity index (χ3v) is 4.12. The fourth-order valence-corrected chi connectivity index (χ4v) is 2.91. The molecule has 1 unspecified atom stereocenters. The molecule has 2 aromatic carbocycles. The van der Waals surface area contributed by atoms with Gasteiger partial charge in [-0.05, 0) is 47.2 Å². The summed E-state index contributed by atoms with van der Waals surface area (Å²) in [7, 11) is 0. The first-order chi connectivity index (χ1) is 9.66. The molecule has 0 spiro atoms. The summed E-state index contributed by atoms with van der Waals surface area (Å²) in [6.45, 7) is 2.09. The van der Waals surface area contributed by atoms with Crippen molar-refractivity contribution in [3.8, 4) is 0 Å².